The molecular weight excluding hydrogens is 174 g/mol. The molecule has 1 aliphatic rings. The molecule has 0 atom stereocenters. The molecule has 70 valence electrons. The minimum absolute atomic E-state index is 0.973. The second-order valence-corrected chi connectivity index (χ2v) is 3.58. The standard InChI is InChI=1S/C11H11N3/c1-2-6-9(5-1)14-11-8-4-3-7-10(11)12-13-14/h3-5,7-8H,1-2,6H2. The summed E-state index contributed by atoms with van der Waals surface area (Å²) in [4.78, 5) is 0. The van der Waals surface area contributed by atoms with Crippen LogP contribution >= 0.6 is 0 Å². The zero-order valence-electron chi connectivity index (χ0n) is 7.85. The molecular formula is C11H11N3. The molecule has 0 spiro atoms. The number of rotatable bonds is 1. The van der Waals surface area contributed by atoms with Gasteiger partial charge in [0.25, 0.3) is 0 Å². The first kappa shape index (κ1) is 7.74. The molecule has 3 rings (SSSR count). The van der Waals surface area contributed by atoms with Gasteiger partial charge in [-0.25, -0.2) is 4.68 Å². The van der Waals surface area contributed by atoms with Crippen molar-refractivity contribution in [2.24, 2.45) is 0 Å². The lowest BCUT2D eigenvalue weighted by molar-refractivity contribution is 0.806. The van der Waals surface area contributed by atoms with Gasteiger partial charge in [0.2, 0.25) is 0 Å². The third-order valence-electron chi connectivity index (χ3n) is 2.64. The molecule has 14 heavy (non-hydrogen) atoms. The van der Waals surface area contributed by atoms with Crippen LogP contribution in [0.2, 0.25) is 0 Å². The third-order valence-corrected chi connectivity index (χ3v) is 2.64. The van der Waals surface area contributed by atoms with Crippen molar-refractivity contribution in [3.63, 3.8) is 0 Å². The number of benzene rings is 1. The van der Waals surface area contributed by atoms with Gasteiger partial charge in [0.1, 0.15) is 5.52 Å². The van der Waals surface area contributed by atoms with Crippen LogP contribution in [0, 0.1) is 0 Å². The van der Waals surface area contributed by atoms with Crippen molar-refractivity contribution < 1.29 is 0 Å². The summed E-state index contributed by atoms with van der Waals surface area (Å²) < 4.78 is 1.96. The van der Waals surface area contributed by atoms with Crippen molar-refractivity contribution >= 4 is 16.7 Å². The van der Waals surface area contributed by atoms with E-state index < -0.39 is 0 Å². The largest absolute Gasteiger partial charge is 0.217 e. The molecule has 1 aliphatic carbocycles. The lowest BCUT2D eigenvalue weighted by Gasteiger charge is -2.00. The Labute approximate surface area is 82.0 Å². The Morgan fingerprint density at radius 3 is 3.00 bits per heavy atom. The van der Waals surface area contributed by atoms with Crippen molar-refractivity contribution in [2.75, 3.05) is 0 Å². The van der Waals surface area contributed by atoms with Crippen molar-refractivity contribution in [3.8, 4) is 0 Å². The molecule has 1 heterocycles. The number of fused-ring (bicyclic) bond motifs is 1. The van der Waals surface area contributed by atoms with E-state index >= 15 is 0 Å². The van der Waals surface area contributed by atoms with E-state index in [-0.39, 0.29) is 0 Å². The van der Waals surface area contributed by atoms with Gasteiger partial charge in [-0.05, 0) is 31.4 Å². The van der Waals surface area contributed by atoms with Gasteiger partial charge in [-0.3, -0.25) is 0 Å². The molecule has 0 bridgehead atoms. The quantitative estimate of drug-likeness (QED) is 0.683. The van der Waals surface area contributed by atoms with Crippen LogP contribution < -0.4 is 0 Å². The minimum atomic E-state index is 0.973. The van der Waals surface area contributed by atoms with E-state index in [1.807, 2.05) is 22.9 Å². The summed E-state index contributed by atoms with van der Waals surface area (Å²) in [5.74, 6) is 0. The molecule has 0 amide bonds. The summed E-state index contributed by atoms with van der Waals surface area (Å²) >= 11 is 0. The fourth-order valence-electron chi connectivity index (χ4n) is 1.93. The van der Waals surface area contributed by atoms with Gasteiger partial charge in [-0.2, -0.15) is 0 Å². The number of nitrogens with zero attached hydrogens (tertiary/aromatic N) is 3. The molecule has 0 N–H and O–H groups in total. The third kappa shape index (κ3) is 1.05. The van der Waals surface area contributed by atoms with Gasteiger partial charge in [-0.15, -0.1) is 5.10 Å². The van der Waals surface area contributed by atoms with Crippen molar-refractivity contribution in [3.05, 3.63) is 30.3 Å². The summed E-state index contributed by atoms with van der Waals surface area (Å²) in [7, 11) is 0. The Balaban J connectivity index is 2.21. The van der Waals surface area contributed by atoms with E-state index in [1.54, 1.807) is 0 Å². The number of hydrogen-bond acceptors (Lipinski definition) is 2. The average Bonchev–Trinajstić information content (AvgIpc) is 2.85. The first-order valence-corrected chi connectivity index (χ1v) is 4.95. The molecule has 0 unspecified atom stereocenters. The summed E-state index contributed by atoms with van der Waals surface area (Å²) in [5.41, 5.74) is 3.37. The maximum atomic E-state index is 4.18. The Morgan fingerprint density at radius 2 is 2.14 bits per heavy atom. The van der Waals surface area contributed by atoms with Gasteiger partial charge in [0.05, 0.1) is 5.52 Å². The Morgan fingerprint density at radius 1 is 1.21 bits per heavy atom. The van der Waals surface area contributed by atoms with Crippen LogP contribution in [0.25, 0.3) is 16.7 Å². The van der Waals surface area contributed by atoms with Gasteiger partial charge < -0.3 is 0 Å². The second kappa shape index (κ2) is 2.94. The van der Waals surface area contributed by atoms with Crippen LogP contribution in [-0.2, 0) is 0 Å². The SMILES string of the molecule is C1=C(n2nnc3ccccc32)CCC1. The highest BCUT2D eigenvalue weighted by Crippen LogP contribution is 2.24. The monoisotopic (exact) mass is 185 g/mol. The minimum Gasteiger partial charge on any atom is -0.217 e. The van der Waals surface area contributed by atoms with Crippen LogP contribution in [0.4, 0.5) is 0 Å². The summed E-state index contributed by atoms with van der Waals surface area (Å²) in [5, 5.41) is 8.31. The molecule has 2 aromatic rings. The molecule has 1 aromatic carbocycles. The Hall–Kier alpha value is -1.64. The van der Waals surface area contributed by atoms with Crippen LogP contribution in [0.5, 0.6) is 0 Å². The first-order valence-electron chi connectivity index (χ1n) is 4.95. The fourth-order valence-corrected chi connectivity index (χ4v) is 1.93. The smallest absolute Gasteiger partial charge is 0.113 e. The van der Waals surface area contributed by atoms with Crippen molar-refractivity contribution in [1.29, 1.82) is 0 Å². The summed E-state index contributed by atoms with van der Waals surface area (Å²) in [6.45, 7) is 0. The van der Waals surface area contributed by atoms with E-state index in [1.165, 1.54) is 18.5 Å². The zero-order valence-corrected chi connectivity index (χ0v) is 7.85. The van der Waals surface area contributed by atoms with Crippen LogP contribution in [0.1, 0.15) is 19.3 Å². The van der Waals surface area contributed by atoms with Gasteiger partial charge >= 0.3 is 0 Å². The first-order chi connectivity index (χ1) is 6.95. The predicted molar refractivity (Wildman–Crippen MR) is 55.7 cm³/mol. The lowest BCUT2D eigenvalue weighted by atomic mass is 10.3. The van der Waals surface area contributed by atoms with E-state index in [0.717, 1.165) is 17.5 Å². The lowest BCUT2D eigenvalue weighted by Crippen LogP contribution is -1.96. The summed E-state index contributed by atoms with van der Waals surface area (Å²) in [6, 6.07) is 8.07. The second-order valence-electron chi connectivity index (χ2n) is 3.58. The Kier molecular flexibility index (Phi) is 1.63. The molecule has 3 nitrogen and oxygen atoms in total. The number of hydrogen-bond donors (Lipinski definition) is 0. The average molecular weight is 185 g/mol. The molecule has 1 aromatic heterocycles. The molecule has 3 heteroatoms. The Bertz CT molecular complexity index is 496. The topological polar surface area (TPSA) is 30.7 Å². The van der Waals surface area contributed by atoms with Gasteiger partial charge in [0.15, 0.2) is 0 Å². The fraction of sp³-hybridized carbons (Fsp3) is 0.273. The summed E-state index contributed by atoms with van der Waals surface area (Å²) in [6.07, 6.45) is 5.78. The van der Waals surface area contributed by atoms with Crippen LogP contribution in [-0.4, -0.2) is 15.0 Å². The molecule has 0 saturated carbocycles. The number of allylic oxidation sites excluding steroid dienone is 2. The van der Waals surface area contributed by atoms with E-state index in [2.05, 4.69) is 22.5 Å². The van der Waals surface area contributed by atoms with Gasteiger partial charge in [-0.1, -0.05) is 23.4 Å². The van der Waals surface area contributed by atoms with Crippen LogP contribution in [0.15, 0.2) is 30.3 Å². The molecule has 0 aliphatic heterocycles. The van der Waals surface area contributed by atoms with E-state index in [4.69, 9.17) is 0 Å². The van der Waals surface area contributed by atoms with E-state index in [0.29, 0.717) is 0 Å². The molecule has 0 fully saturated rings. The van der Waals surface area contributed by atoms with Crippen molar-refractivity contribution in [2.45, 2.75) is 19.3 Å². The maximum absolute atomic E-state index is 4.18. The zero-order chi connectivity index (χ0) is 9.38. The molecule has 0 radical (unpaired) electrons. The maximum Gasteiger partial charge on any atom is 0.113 e. The van der Waals surface area contributed by atoms with Gasteiger partial charge in [0, 0.05) is 5.70 Å². The predicted octanol–water partition coefficient (Wildman–Crippen LogP) is 2.46. The highest BCUT2D eigenvalue weighted by atomic mass is 15.4. The normalized spacial score (nSPS) is 16.1. The van der Waals surface area contributed by atoms with Crippen molar-refractivity contribution in [1.82, 2.24) is 15.0 Å². The highest BCUT2D eigenvalue weighted by molar-refractivity contribution is 5.77. The van der Waals surface area contributed by atoms with Crippen LogP contribution in [0.3, 0.4) is 0 Å². The highest BCUT2D eigenvalue weighted by Gasteiger charge is 2.10. The molecule has 0 saturated heterocycles. The van der Waals surface area contributed by atoms with E-state index in [9.17, 15) is 0 Å². The number of aromatic nitrogens is 3. The number of para-hydroxylation sites is 1.